The second-order valence-electron chi connectivity index (χ2n) is 7.00. The van der Waals surface area contributed by atoms with Crippen molar-refractivity contribution in [2.75, 3.05) is 16.4 Å². The predicted molar refractivity (Wildman–Crippen MR) is 125 cm³/mol. The minimum Gasteiger partial charge on any atom is -0.478 e. The van der Waals surface area contributed by atoms with Crippen molar-refractivity contribution in [3.05, 3.63) is 89.0 Å². The van der Waals surface area contributed by atoms with Gasteiger partial charge in [0.05, 0.1) is 22.4 Å². The van der Waals surface area contributed by atoms with E-state index >= 15 is 0 Å². The Morgan fingerprint density at radius 1 is 0.818 bits per heavy atom. The van der Waals surface area contributed by atoms with Gasteiger partial charge in [0.25, 0.3) is 5.91 Å². The molecule has 3 aromatic rings. The number of nitrogens with one attached hydrogen (secondary N) is 2. The quantitative estimate of drug-likeness (QED) is 0.364. The molecule has 9 heteroatoms. The lowest BCUT2D eigenvalue weighted by atomic mass is 10.1. The number of amides is 2. The average Bonchev–Trinajstić information content (AvgIpc) is 2.79. The van der Waals surface area contributed by atoms with Crippen molar-refractivity contribution >= 4 is 46.9 Å². The summed E-state index contributed by atoms with van der Waals surface area (Å²) in [7, 11) is 0. The second-order valence-corrected chi connectivity index (χ2v) is 8.05. The summed E-state index contributed by atoms with van der Waals surface area (Å²) in [4.78, 5) is 47.9. The van der Waals surface area contributed by atoms with Crippen molar-refractivity contribution in [1.29, 1.82) is 0 Å². The monoisotopic (exact) mass is 464 g/mol. The number of thioether (sulfide) groups is 1. The standard InChI is InChI=1S/C24H20N2O6S/c1-14-6-7-15(23(29)30)12-20(14)26-21(27)13-33-17-10-8-16(9-11-17)25-22(28)18-4-2-3-5-19(18)24(31)32/h2-12H,13H2,1H3,(H,25,28)(H,26,27)(H,29,30)(H,31,32). The van der Waals surface area contributed by atoms with Crippen LogP contribution in [-0.4, -0.2) is 39.7 Å². The van der Waals surface area contributed by atoms with Crippen LogP contribution in [0, 0.1) is 6.92 Å². The van der Waals surface area contributed by atoms with Crippen LogP contribution in [0.5, 0.6) is 0 Å². The molecule has 3 aromatic carbocycles. The molecule has 3 rings (SSSR count). The molecule has 0 atom stereocenters. The first-order chi connectivity index (χ1) is 15.7. The van der Waals surface area contributed by atoms with E-state index in [1.165, 1.54) is 36.0 Å². The zero-order chi connectivity index (χ0) is 24.0. The van der Waals surface area contributed by atoms with Gasteiger partial charge in [-0.3, -0.25) is 9.59 Å². The number of carbonyl (C=O) groups is 4. The summed E-state index contributed by atoms with van der Waals surface area (Å²) in [5.41, 5.74) is 1.74. The van der Waals surface area contributed by atoms with E-state index in [1.807, 2.05) is 0 Å². The average molecular weight is 464 g/mol. The van der Waals surface area contributed by atoms with E-state index in [0.717, 1.165) is 10.5 Å². The number of hydrogen-bond donors (Lipinski definition) is 4. The number of carboxylic acids is 2. The van der Waals surface area contributed by atoms with E-state index in [2.05, 4.69) is 10.6 Å². The van der Waals surface area contributed by atoms with Crippen LogP contribution in [-0.2, 0) is 4.79 Å². The zero-order valence-corrected chi connectivity index (χ0v) is 18.3. The number of aromatic carboxylic acids is 2. The first-order valence-corrected chi connectivity index (χ1v) is 10.7. The smallest absolute Gasteiger partial charge is 0.336 e. The lowest BCUT2D eigenvalue weighted by Crippen LogP contribution is -2.16. The van der Waals surface area contributed by atoms with E-state index in [9.17, 15) is 24.3 Å². The number of rotatable bonds is 8. The highest BCUT2D eigenvalue weighted by Crippen LogP contribution is 2.22. The minimum atomic E-state index is -1.18. The molecule has 0 saturated heterocycles. The minimum absolute atomic E-state index is 0.0578. The predicted octanol–water partition coefficient (Wildman–Crippen LogP) is 4.37. The number of carbonyl (C=O) groups excluding carboxylic acids is 2. The third kappa shape index (κ3) is 6.20. The van der Waals surface area contributed by atoms with E-state index < -0.39 is 17.8 Å². The van der Waals surface area contributed by atoms with E-state index in [4.69, 9.17) is 5.11 Å². The van der Waals surface area contributed by atoms with Gasteiger partial charge in [0.2, 0.25) is 5.91 Å². The summed E-state index contributed by atoms with van der Waals surface area (Å²) in [6.45, 7) is 1.77. The topological polar surface area (TPSA) is 133 Å². The van der Waals surface area contributed by atoms with Gasteiger partial charge in [-0.25, -0.2) is 9.59 Å². The molecule has 168 valence electrons. The maximum absolute atomic E-state index is 12.4. The molecule has 0 aliphatic rings. The molecular weight excluding hydrogens is 444 g/mol. The number of carboxylic acid groups (broad SMARTS) is 2. The molecule has 0 spiro atoms. The fraction of sp³-hybridized carbons (Fsp3) is 0.0833. The SMILES string of the molecule is Cc1ccc(C(=O)O)cc1NC(=O)CSc1ccc(NC(=O)c2ccccc2C(=O)O)cc1. The molecule has 0 radical (unpaired) electrons. The molecule has 2 amide bonds. The van der Waals surface area contributed by atoms with Gasteiger partial charge < -0.3 is 20.8 Å². The molecule has 0 bridgehead atoms. The summed E-state index contributed by atoms with van der Waals surface area (Å²) in [5.74, 6) is -2.97. The Kier molecular flexibility index (Phi) is 7.47. The summed E-state index contributed by atoms with van der Waals surface area (Å²) in [5, 5.41) is 23.7. The molecule has 8 nitrogen and oxygen atoms in total. The van der Waals surface area contributed by atoms with Gasteiger partial charge in [0.15, 0.2) is 0 Å². The lowest BCUT2D eigenvalue weighted by molar-refractivity contribution is -0.113. The Morgan fingerprint density at radius 2 is 1.48 bits per heavy atom. The molecule has 0 heterocycles. The van der Waals surface area contributed by atoms with Crippen LogP contribution in [0.4, 0.5) is 11.4 Å². The normalized spacial score (nSPS) is 10.3. The maximum Gasteiger partial charge on any atom is 0.336 e. The van der Waals surface area contributed by atoms with Crippen molar-refractivity contribution < 1.29 is 29.4 Å². The molecule has 0 fully saturated rings. The molecular formula is C24H20N2O6S. The first kappa shape index (κ1) is 23.6. The highest BCUT2D eigenvalue weighted by Gasteiger charge is 2.16. The van der Waals surface area contributed by atoms with Gasteiger partial charge >= 0.3 is 11.9 Å². The largest absolute Gasteiger partial charge is 0.478 e. The van der Waals surface area contributed by atoms with E-state index in [-0.39, 0.29) is 28.4 Å². The Labute approximate surface area is 193 Å². The van der Waals surface area contributed by atoms with Crippen molar-refractivity contribution in [3.63, 3.8) is 0 Å². The Hall–Kier alpha value is -4.11. The van der Waals surface area contributed by atoms with Crippen LogP contribution in [0.2, 0.25) is 0 Å². The summed E-state index contributed by atoms with van der Waals surface area (Å²) < 4.78 is 0. The van der Waals surface area contributed by atoms with Gasteiger partial charge in [-0.1, -0.05) is 18.2 Å². The lowest BCUT2D eigenvalue weighted by Gasteiger charge is -2.10. The van der Waals surface area contributed by atoms with Crippen molar-refractivity contribution in [1.82, 2.24) is 0 Å². The van der Waals surface area contributed by atoms with Crippen molar-refractivity contribution in [2.45, 2.75) is 11.8 Å². The molecule has 0 aliphatic carbocycles. The van der Waals surface area contributed by atoms with Gasteiger partial charge in [-0.15, -0.1) is 11.8 Å². The summed E-state index contributed by atoms with van der Waals surface area (Å²) in [6, 6.07) is 17.2. The van der Waals surface area contributed by atoms with Gasteiger partial charge in [0, 0.05) is 16.3 Å². The van der Waals surface area contributed by atoms with Crippen LogP contribution in [0.15, 0.2) is 71.6 Å². The van der Waals surface area contributed by atoms with Crippen molar-refractivity contribution in [3.8, 4) is 0 Å². The zero-order valence-electron chi connectivity index (χ0n) is 17.5. The van der Waals surface area contributed by atoms with Crippen LogP contribution in [0.1, 0.15) is 36.6 Å². The van der Waals surface area contributed by atoms with E-state index in [0.29, 0.717) is 11.4 Å². The highest BCUT2D eigenvalue weighted by molar-refractivity contribution is 8.00. The molecule has 0 aromatic heterocycles. The summed E-state index contributed by atoms with van der Waals surface area (Å²) >= 11 is 1.28. The van der Waals surface area contributed by atoms with Crippen molar-refractivity contribution in [2.24, 2.45) is 0 Å². The van der Waals surface area contributed by atoms with Crippen LogP contribution in [0.25, 0.3) is 0 Å². The maximum atomic E-state index is 12.4. The fourth-order valence-electron chi connectivity index (χ4n) is 2.93. The number of aryl methyl sites for hydroxylation is 1. The van der Waals surface area contributed by atoms with Gasteiger partial charge in [-0.2, -0.15) is 0 Å². The Bertz CT molecular complexity index is 1220. The Balaban J connectivity index is 1.57. The fourth-order valence-corrected chi connectivity index (χ4v) is 3.62. The highest BCUT2D eigenvalue weighted by atomic mass is 32.2. The number of anilines is 2. The summed E-state index contributed by atoms with van der Waals surface area (Å²) in [6.07, 6.45) is 0. The molecule has 0 saturated carbocycles. The molecule has 4 N–H and O–H groups in total. The number of hydrogen-bond acceptors (Lipinski definition) is 5. The first-order valence-electron chi connectivity index (χ1n) is 9.75. The third-order valence-corrected chi connectivity index (χ3v) is 5.65. The second kappa shape index (κ2) is 10.5. The van der Waals surface area contributed by atoms with Crippen LogP contribution >= 0.6 is 11.8 Å². The molecule has 0 aliphatic heterocycles. The van der Waals surface area contributed by atoms with Gasteiger partial charge in [-0.05, 0) is 61.0 Å². The van der Waals surface area contributed by atoms with Gasteiger partial charge in [0.1, 0.15) is 0 Å². The van der Waals surface area contributed by atoms with E-state index in [1.54, 1.807) is 49.4 Å². The third-order valence-electron chi connectivity index (χ3n) is 4.64. The molecule has 33 heavy (non-hydrogen) atoms. The number of benzene rings is 3. The van der Waals surface area contributed by atoms with Crippen LogP contribution < -0.4 is 10.6 Å². The van der Waals surface area contributed by atoms with Crippen LogP contribution in [0.3, 0.4) is 0 Å². The molecule has 0 unspecified atom stereocenters. The Morgan fingerprint density at radius 3 is 2.12 bits per heavy atom.